The van der Waals surface area contributed by atoms with Gasteiger partial charge >= 0.3 is 26.6 Å². The first kappa shape index (κ1) is 38.1. The van der Waals surface area contributed by atoms with Crippen molar-refractivity contribution in [2.75, 3.05) is 0 Å². The molecule has 0 unspecified atom stereocenters. The van der Waals surface area contributed by atoms with Crippen LogP contribution in [-0.4, -0.2) is 47.1 Å². The average molecular weight is 749 g/mol. The number of hydrogen-bond acceptors (Lipinski definition) is 6. The summed E-state index contributed by atoms with van der Waals surface area (Å²) in [5.74, 6) is -1.24. The van der Waals surface area contributed by atoms with E-state index in [1.54, 1.807) is 12.1 Å². The van der Waals surface area contributed by atoms with Crippen molar-refractivity contribution in [3.63, 3.8) is 0 Å². The number of benzene rings is 4. The third kappa shape index (κ3) is 9.58. The number of aryl methyl sites for hydroxylation is 3. The van der Waals surface area contributed by atoms with Crippen LogP contribution in [0.3, 0.4) is 0 Å². The molecule has 0 spiro atoms. The molecule has 0 fully saturated rings. The molecule has 11 heteroatoms. The Balaban J connectivity index is 0.000000281. The van der Waals surface area contributed by atoms with Crippen molar-refractivity contribution in [3.05, 3.63) is 193 Å². The minimum atomic E-state index is -1.55. The Hall–Kier alpha value is -6.18. The van der Waals surface area contributed by atoms with Crippen molar-refractivity contribution in [1.29, 1.82) is 0 Å². The largest absolute Gasteiger partial charge is 2.00 e. The van der Waals surface area contributed by atoms with Gasteiger partial charge < -0.3 is 23.7 Å². The third-order valence-corrected chi connectivity index (χ3v) is 8.50. The normalized spacial score (nSPS) is 10.3. The fourth-order valence-corrected chi connectivity index (χ4v) is 5.89. The number of pyridine rings is 1. The molecular formula is C42H38BN7O2Zn. The van der Waals surface area contributed by atoms with Gasteiger partial charge in [0.25, 0.3) is 0 Å². The van der Waals surface area contributed by atoms with E-state index < -0.39 is 13.1 Å². The fraction of sp³-hybridized carbons (Fsp3) is 0.0714. The Morgan fingerprint density at radius 3 is 1.06 bits per heavy atom. The maximum Gasteiger partial charge on any atom is 2.00 e. The maximum atomic E-state index is 10.0. The van der Waals surface area contributed by atoms with Gasteiger partial charge in [0.05, 0.1) is 28.7 Å². The topological polar surface area (TPSA) is 106 Å². The summed E-state index contributed by atoms with van der Waals surface area (Å²) in [5, 5.41) is 25.4. The van der Waals surface area contributed by atoms with E-state index in [2.05, 4.69) is 94.1 Å². The third-order valence-electron chi connectivity index (χ3n) is 8.50. The predicted octanol–water partition coefficient (Wildman–Crippen LogP) is 6.99. The molecule has 8 aromatic rings. The van der Waals surface area contributed by atoms with Gasteiger partial charge in [0.1, 0.15) is 0 Å². The Morgan fingerprint density at radius 2 is 0.792 bits per heavy atom. The van der Waals surface area contributed by atoms with E-state index in [0.717, 1.165) is 50.9 Å². The summed E-state index contributed by atoms with van der Waals surface area (Å²) in [6.07, 6.45) is 1.41. The van der Waals surface area contributed by atoms with Crippen molar-refractivity contribution >= 4 is 13.1 Å². The zero-order chi connectivity index (χ0) is 36.3. The number of hydrogen-bond donors (Lipinski definition) is 0. The number of rotatable bonds is 7. The number of carboxylic acids is 1. The molecule has 0 atom stereocenters. The van der Waals surface area contributed by atoms with Gasteiger partial charge in [-0.2, -0.15) is 0 Å². The Bertz CT molecular complexity index is 2090. The van der Waals surface area contributed by atoms with Crippen LogP contribution in [0.15, 0.2) is 170 Å². The van der Waals surface area contributed by atoms with Crippen LogP contribution in [0.5, 0.6) is 0 Å². The summed E-state index contributed by atoms with van der Waals surface area (Å²) in [4.78, 5) is 13.5. The molecule has 0 aliphatic carbocycles. The van der Waals surface area contributed by atoms with Gasteiger partial charge in [0, 0.05) is 22.9 Å². The van der Waals surface area contributed by atoms with Crippen LogP contribution in [0.4, 0.5) is 0 Å². The number of carboxylic acid groups (broad SMARTS) is 1. The first-order valence-electron chi connectivity index (χ1n) is 17.0. The number of carbonyl (C=O) groups is 1. The van der Waals surface area contributed by atoms with Gasteiger partial charge in [0.15, 0.2) is 0 Å². The van der Waals surface area contributed by atoms with E-state index in [-0.39, 0.29) is 25.2 Å². The van der Waals surface area contributed by atoms with Crippen LogP contribution in [-0.2, 0) is 19.5 Å². The molecule has 0 aliphatic rings. The van der Waals surface area contributed by atoms with Gasteiger partial charge in [-0.1, -0.05) is 133 Å². The van der Waals surface area contributed by atoms with Gasteiger partial charge in [-0.3, -0.25) is 4.98 Å². The Morgan fingerprint density at radius 1 is 0.491 bits per heavy atom. The van der Waals surface area contributed by atoms with Crippen LogP contribution in [0.25, 0.3) is 33.8 Å². The first-order valence-corrected chi connectivity index (χ1v) is 17.0. The van der Waals surface area contributed by atoms with Gasteiger partial charge in [-0.15, -0.1) is 0 Å². The van der Waals surface area contributed by atoms with Crippen molar-refractivity contribution in [1.82, 2.24) is 34.1 Å². The standard InChI is InChI=1S/C30H28BN6.C6H5NO2.C6H6.Zn/c1-22-19-28(25-13-7-4-8-14-25)32-35(22)31(36-23(2)20-29(33-36)26-15-9-5-10-16-26)37-24(3)21-30(34-37)27-17-11-6-12-18-27;8-6(9)5-3-1-2-4-7-5;1-2-4-6-5-3-1;/h4-21,31H,1-3H3;1-4H,(H,8,9);1-6H;/q-1;;;+2/p-1. The molecule has 4 aromatic carbocycles. The van der Waals surface area contributed by atoms with E-state index in [0.29, 0.717) is 0 Å². The molecular weight excluding hydrogens is 711 g/mol. The summed E-state index contributed by atoms with van der Waals surface area (Å²) < 4.78 is 6.31. The van der Waals surface area contributed by atoms with Crippen molar-refractivity contribution < 1.29 is 29.4 Å². The summed E-state index contributed by atoms with van der Waals surface area (Å²) in [5.41, 5.74) is 9.25. The Labute approximate surface area is 322 Å². The first-order chi connectivity index (χ1) is 25.4. The molecule has 0 N–H and O–H groups in total. The van der Waals surface area contributed by atoms with E-state index in [1.807, 2.05) is 91.0 Å². The van der Waals surface area contributed by atoms with Crippen LogP contribution in [0.1, 0.15) is 27.6 Å². The second-order valence-corrected chi connectivity index (χ2v) is 12.2. The smallest absolute Gasteiger partial charge is 0.543 e. The molecule has 0 amide bonds. The second-order valence-electron chi connectivity index (χ2n) is 12.2. The van der Waals surface area contributed by atoms with E-state index in [9.17, 15) is 9.90 Å². The fourth-order valence-electron chi connectivity index (χ4n) is 5.89. The van der Waals surface area contributed by atoms with Crippen molar-refractivity contribution in [3.8, 4) is 33.8 Å². The summed E-state index contributed by atoms with van der Waals surface area (Å²) in [7, 11) is -1.55. The zero-order valence-corrected chi connectivity index (χ0v) is 33.0. The molecule has 4 aromatic heterocycles. The molecule has 0 aliphatic heterocycles. The predicted molar refractivity (Wildman–Crippen MR) is 206 cm³/mol. The number of aromatic nitrogens is 7. The van der Waals surface area contributed by atoms with Gasteiger partial charge in [-0.25, -0.2) is 15.3 Å². The molecule has 4 heterocycles. The van der Waals surface area contributed by atoms with Crippen molar-refractivity contribution in [2.45, 2.75) is 20.8 Å². The summed E-state index contributed by atoms with van der Waals surface area (Å²) in [6.45, 7) is 6.31. The molecule has 0 saturated heterocycles. The monoisotopic (exact) mass is 747 g/mol. The molecule has 8 rings (SSSR count). The average Bonchev–Trinajstić information content (AvgIpc) is 3.91. The van der Waals surface area contributed by atoms with Gasteiger partial charge in [0.2, 0.25) is 0 Å². The molecule has 0 bridgehead atoms. The molecule has 9 nitrogen and oxygen atoms in total. The van der Waals surface area contributed by atoms with Crippen LogP contribution < -0.4 is 5.11 Å². The second kappa shape index (κ2) is 18.4. The Kier molecular flexibility index (Phi) is 13.2. The minimum absolute atomic E-state index is 0. The van der Waals surface area contributed by atoms with Gasteiger partial charge in [-0.05, 0) is 68.2 Å². The minimum Gasteiger partial charge on any atom is -0.543 e. The summed E-state index contributed by atoms with van der Waals surface area (Å²) >= 11 is 0. The summed E-state index contributed by atoms with van der Waals surface area (Å²) in [6, 6.07) is 53.9. The molecule has 0 saturated carbocycles. The number of carbonyl (C=O) groups excluding carboxylic acids is 1. The molecule has 0 radical (unpaired) electrons. The zero-order valence-electron chi connectivity index (χ0n) is 30.0. The van der Waals surface area contributed by atoms with Crippen LogP contribution >= 0.6 is 0 Å². The van der Waals surface area contributed by atoms with Crippen LogP contribution in [0.2, 0.25) is 0 Å². The number of aromatic carboxylic acids is 1. The van der Waals surface area contributed by atoms with E-state index in [1.165, 1.54) is 12.3 Å². The van der Waals surface area contributed by atoms with E-state index in [4.69, 9.17) is 15.3 Å². The molecule has 53 heavy (non-hydrogen) atoms. The maximum absolute atomic E-state index is 10.0. The SMILES string of the molecule is Cc1cc(-c2ccccc2)nn1[BH-](n1nc(-c2ccccc2)cc1C)n1nc(-c2ccccc2)cc1C.O=C([O-])c1ccccn1.[Zn+2].c1ccccc1. The quantitative estimate of drug-likeness (QED) is 0.163. The van der Waals surface area contributed by atoms with Crippen molar-refractivity contribution in [2.24, 2.45) is 0 Å². The van der Waals surface area contributed by atoms with E-state index >= 15 is 0 Å². The van der Waals surface area contributed by atoms with Crippen LogP contribution in [0, 0.1) is 20.8 Å². The number of nitrogens with zero attached hydrogens (tertiary/aromatic N) is 7. The molecule has 258 valence electrons.